The van der Waals surface area contributed by atoms with E-state index in [2.05, 4.69) is 12.2 Å². The maximum absolute atomic E-state index is 5.73. The van der Waals surface area contributed by atoms with Gasteiger partial charge in [-0.3, -0.25) is 0 Å². The van der Waals surface area contributed by atoms with Crippen LogP contribution in [0.3, 0.4) is 0 Å². The second-order valence-electron chi connectivity index (χ2n) is 5.66. The molecule has 3 nitrogen and oxygen atoms in total. The van der Waals surface area contributed by atoms with Gasteiger partial charge in [0.25, 0.3) is 0 Å². The number of hydrogen-bond donors (Lipinski definition) is 1. The van der Waals surface area contributed by atoms with Crippen molar-refractivity contribution in [1.29, 1.82) is 0 Å². The molecule has 0 heterocycles. The van der Waals surface area contributed by atoms with Crippen LogP contribution >= 0.6 is 0 Å². The van der Waals surface area contributed by atoms with E-state index in [9.17, 15) is 0 Å². The molecule has 1 N–H and O–H groups in total. The summed E-state index contributed by atoms with van der Waals surface area (Å²) in [6, 6.07) is 8.35. The Morgan fingerprint density at radius 3 is 2.40 bits per heavy atom. The first-order chi connectivity index (χ1) is 9.79. The maximum atomic E-state index is 5.73. The van der Waals surface area contributed by atoms with Gasteiger partial charge in [0, 0.05) is 12.6 Å². The number of ether oxygens (including phenoxy) is 2. The van der Waals surface area contributed by atoms with Gasteiger partial charge in [-0.2, -0.15) is 0 Å². The van der Waals surface area contributed by atoms with Crippen molar-refractivity contribution in [3.8, 4) is 11.5 Å². The number of rotatable bonds is 7. The highest BCUT2D eigenvalue weighted by atomic mass is 16.5. The van der Waals surface area contributed by atoms with Crippen LogP contribution < -0.4 is 14.8 Å². The fourth-order valence-corrected chi connectivity index (χ4v) is 2.93. The van der Waals surface area contributed by atoms with Gasteiger partial charge in [-0.1, -0.05) is 19.3 Å². The minimum Gasteiger partial charge on any atom is -0.497 e. The molecule has 2 rings (SSSR count). The summed E-state index contributed by atoms with van der Waals surface area (Å²) in [7, 11) is 1.67. The lowest BCUT2D eigenvalue weighted by Gasteiger charge is -2.28. The van der Waals surface area contributed by atoms with Gasteiger partial charge in [0.1, 0.15) is 18.1 Å². The fourth-order valence-electron chi connectivity index (χ4n) is 2.93. The summed E-state index contributed by atoms with van der Waals surface area (Å²) >= 11 is 0. The second-order valence-corrected chi connectivity index (χ2v) is 5.66. The van der Waals surface area contributed by atoms with E-state index < -0.39 is 0 Å². The molecule has 1 atom stereocenters. The van der Waals surface area contributed by atoms with Crippen molar-refractivity contribution in [1.82, 2.24) is 5.32 Å². The van der Waals surface area contributed by atoms with E-state index in [-0.39, 0.29) is 0 Å². The summed E-state index contributed by atoms with van der Waals surface area (Å²) < 4.78 is 10.9. The molecule has 1 aromatic rings. The highest BCUT2D eigenvalue weighted by Gasteiger charge is 2.19. The number of methoxy groups -OCH3 is 1. The Labute approximate surface area is 122 Å². The van der Waals surface area contributed by atoms with E-state index in [1.807, 2.05) is 24.3 Å². The Kier molecular flexibility index (Phi) is 6.19. The first-order valence-electron chi connectivity index (χ1n) is 7.80. The van der Waals surface area contributed by atoms with E-state index in [4.69, 9.17) is 9.47 Å². The van der Waals surface area contributed by atoms with Crippen molar-refractivity contribution >= 4 is 0 Å². The molecule has 20 heavy (non-hydrogen) atoms. The molecule has 1 aliphatic rings. The normalized spacial score (nSPS) is 17.7. The smallest absolute Gasteiger partial charge is 0.119 e. The molecular weight excluding hydrogens is 250 g/mol. The minimum absolute atomic E-state index is 0.606. The van der Waals surface area contributed by atoms with E-state index >= 15 is 0 Å². The van der Waals surface area contributed by atoms with Crippen molar-refractivity contribution < 1.29 is 9.47 Å². The van der Waals surface area contributed by atoms with Gasteiger partial charge >= 0.3 is 0 Å². The Balaban J connectivity index is 1.62. The van der Waals surface area contributed by atoms with Crippen molar-refractivity contribution in [3.63, 3.8) is 0 Å². The zero-order chi connectivity index (χ0) is 14.2. The van der Waals surface area contributed by atoms with Gasteiger partial charge < -0.3 is 14.8 Å². The Morgan fingerprint density at radius 1 is 1.10 bits per heavy atom. The largest absolute Gasteiger partial charge is 0.497 e. The van der Waals surface area contributed by atoms with Gasteiger partial charge in [0.2, 0.25) is 0 Å². The van der Waals surface area contributed by atoms with Crippen LogP contribution in [0.4, 0.5) is 0 Å². The molecule has 0 radical (unpaired) electrons. The van der Waals surface area contributed by atoms with Crippen LogP contribution in [-0.2, 0) is 0 Å². The summed E-state index contributed by atoms with van der Waals surface area (Å²) in [5.74, 6) is 2.61. The third kappa shape index (κ3) is 4.71. The lowest BCUT2D eigenvalue weighted by atomic mass is 9.84. The van der Waals surface area contributed by atoms with E-state index in [1.165, 1.54) is 32.1 Å². The van der Waals surface area contributed by atoms with Gasteiger partial charge in [-0.25, -0.2) is 0 Å². The van der Waals surface area contributed by atoms with Crippen molar-refractivity contribution in [3.05, 3.63) is 24.3 Å². The Morgan fingerprint density at radius 2 is 1.75 bits per heavy atom. The third-order valence-electron chi connectivity index (χ3n) is 4.25. The predicted octanol–water partition coefficient (Wildman–Crippen LogP) is 3.63. The van der Waals surface area contributed by atoms with E-state index in [1.54, 1.807) is 7.11 Å². The highest BCUT2D eigenvalue weighted by Crippen LogP contribution is 2.26. The average molecular weight is 277 g/mol. The quantitative estimate of drug-likeness (QED) is 0.772. The molecule has 0 saturated heterocycles. The Hall–Kier alpha value is -1.22. The standard InChI is InChI=1S/C17H27NO2/c1-14(15-6-4-3-5-7-15)18-12-13-20-17-10-8-16(19-2)9-11-17/h8-11,14-15,18H,3-7,12-13H2,1-2H3/t14-/m1/s1. The summed E-state index contributed by atoms with van der Waals surface area (Å²) in [5, 5.41) is 3.60. The number of benzene rings is 1. The SMILES string of the molecule is COc1ccc(OCCN[C@H](C)C2CCCCC2)cc1. The highest BCUT2D eigenvalue weighted by molar-refractivity contribution is 5.31. The monoisotopic (exact) mass is 277 g/mol. The predicted molar refractivity (Wildman–Crippen MR) is 82.5 cm³/mol. The van der Waals surface area contributed by atoms with Gasteiger partial charge in [0.15, 0.2) is 0 Å². The van der Waals surface area contributed by atoms with Gasteiger partial charge in [-0.15, -0.1) is 0 Å². The molecule has 0 aliphatic heterocycles. The molecule has 112 valence electrons. The molecule has 0 aromatic heterocycles. The zero-order valence-electron chi connectivity index (χ0n) is 12.7. The summed E-state index contributed by atoms with van der Waals surface area (Å²) in [6.45, 7) is 3.93. The number of hydrogen-bond acceptors (Lipinski definition) is 3. The van der Waals surface area contributed by atoms with Crippen molar-refractivity contribution in [2.45, 2.75) is 45.1 Å². The fraction of sp³-hybridized carbons (Fsp3) is 0.647. The second kappa shape index (κ2) is 8.15. The lowest BCUT2D eigenvalue weighted by Crippen LogP contribution is -2.37. The van der Waals surface area contributed by atoms with Crippen LogP contribution in [-0.4, -0.2) is 26.3 Å². The summed E-state index contributed by atoms with van der Waals surface area (Å²) in [4.78, 5) is 0. The molecule has 0 bridgehead atoms. The van der Waals surface area contributed by atoms with Crippen molar-refractivity contribution in [2.75, 3.05) is 20.3 Å². The van der Waals surface area contributed by atoms with Crippen molar-refractivity contribution in [2.24, 2.45) is 5.92 Å². The first kappa shape index (κ1) is 15.2. The molecule has 3 heteroatoms. The average Bonchev–Trinajstić information content (AvgIpc) is 2.53. The van der Waals surface area contributed by atoms with Crippen LogP contribution in [0.5, 0.6) is 11.5 Å². The molecular formula is C17H27NO2. The van der Waals surface area contributed by atoms with E-state index in [0.29, 0.717) is 12.6 Å². The molecule has 0 unspecified atom stereocenters. The summed E-state index contributed by atoms with van der Waals surface area (Å²) in [6.07, 6.45) is 6.99. The number of nitrogens with one attached hydrogen (secondary N) is 1. The van der Waals surface area contributed by atoms with Crippen LogP contribution in [0.2, 0.25) is 0 Å². The lowest BCUT2D eigenvalue weighted by molar-refractivity contribution is 0.256. The summed E-state index contributed by atoms with van der Waals surface area (Å²) in [5.41, 5.74) is 0. The first-order valence-corrected chi connectivity index (χ1v) is 7.80. The minimum atomic E-state index is 0.606. The maximum Gasteiger partial charge on any atom is 0.119 e. The molecule has 1 aromatic carbocycles. The molecule has 1 saturated carbocycles. The molecule has 1 fully saturated rings. The van der Waals surface area contributed by atoms with Gasteiger partial charge in [-0.05, 0) is 49.9 Å². The van der Waals surface area contributed by atoms with Gasteiger partial charge in [0.05, 0.1) is 7.11 Å². The van der Waals surface area contributed by atoms with Crippen LogP contribution in [0.1, 0.15) is 39.0 Å². The van der Waals surface area contributed by atoms with Crippen LogP contribution in [0, 0.1) is 5.92 Å². The topological polar surface area (TPSA) is 30.5 Å². The molecule has 0 spiro atoms. The zero-order valence-corrected chi connectivity index (χ0v) is 12.7. The van der Waals surface area contributed by atoms with Crippen LogP contribution in [0.15, 0.2) is 24.3 Å². The van der Waals surface area contributed by atoms with Crippen LogP contribution in [0.25, 0.3) is 0 Å². The molecule has 1 aliphatic carbocycles. The molecule has 0 amide bonds. The Bertz CT molecular complexity index is 371. The third-order valence-corrected chi connectivity index (χ3v) is 4.25. The van der Waals surface area contributed by atoms with E-state index in [0.717, 1.165) is 24.0 Å².